The Kier molecular flexibility index (Phi) is 5.16. The highest BCUT2D eigenvalue weighted by atomic mass is 32.2. The van der Waals surface area contributed by atoms with Gasteiger partial charge in [0.1, 0.15) is 15.7 Å². The molecule has 0 aromatic carbocycles. The minimum atomic E-state index is 0.230. The summed E-state index contributed by atoms with van der Waals surface area (Å²) in [6, 6.07) is 0.693. The summed E-state index contributed by atoms with van der Waals surface area (Å²) in [6.07, 6.45) is 3.44. The Morgan fingerprint density at radius 2 is 1.88 bits per heavy atom. The number of hydrogen-bond acceptors (Lipinski definition) is 5. The number of piperidine rings is 1. The van der Waals surface area contributed by atoms with Crippen molar-refractivity contribution in [1.29, 1.82) is 0 Å². The summed E-state index contributed by atoms with van der Waals surface area (Å²) in [4.78, 5) is 26.3. The number of amides is 1. The van der Waals surface area contributed by atoms with E-state index >= 15 is 0 Å². The van der Waals surface area contributed by atoms with E-state index in [1.165, 1.54) is 16.9 Å². The van der Waals surface area contributed by atoms with E-state index in [0.717, 1.165) is 33.9 Å². The van der Waals surface area contributed by atoms with E-state index in [0.29, 0.717) is 17.8 Å². The summed E-state index contributed by atoms with van der Waals surface area (Å²) < 4.78 is 0. The molecule has 2 aromatic rings. The fraction of sp³-hybridized carbons (Fsp3) is 0.611. The Morgan fingerprint density at radius 3 is 2.54 bits per heavy atom. The quantitative estimate of drug-likeness (QED) is 0.595. The lowest BCUT2D eigenvalue weighted by atomic mass is 9.98. The van der Waals surface area contributed by atoms with Crippen LogP contribution in [0.4, 0.5) is 0 Å². The largest absolute Gasteiger partial charge is 0.337 e. The molecule has 1 fully saturated rings. The van der Waals surface area contributed by atoms with Crippen LogP contribution in [-0.2, 0) is 4.79 Å². The number of nitrogens with zero attached hydrogens (tertiary/aromatic N) is 3. The van der Waals surface area contributed by atoms with Gasteiger partial charge in [0.05, 0.1) is 5.75 Å². The summed E-state index contributed by atoms with van der Waals surface area (Å²) >= 11 is 3.27. The van der Waals surface area contributed by atoms with Crippen molar-refractivity contribution in [2.75, 3.05) is 5.75 Å². The van der Waals surface area contributed by atoms with Gasteiger partial charge in [0, 0.05) is 22.3 Å². The lowest BCUT2D eigenvalue weighted by molar-refractivity contribution is -0.134. The molecule has 3 rings (SSSR count). The van der Waals surface area contributed by atoms with Gasteiger partial charge in [0.2, 0.25) is 5.91 Å². The van der Waals surface area contributed by atoms with Gasteiger partial charge in [0.15, 0.2) is 0 Å². The SMILES string of the molecule is Cc1nc(SCC(=O)N2[C@H](C)CCC[C@@H]2C)c2c(C)c(C)sc2n1. The van der Waals surface area contributed by atoms with E-state index in [1.807, 2.05) is 6.92 Å². The number of thiophene rings is 1. The van der Waals surface area contributed by atoms with E-state index < -0.39 is 0 Å². The maximum absolute atomic E-state index is 12.8. The molecule has 1 amide bonds. The Morgan fingerprint density at radius 1 is 1.21 bits per heavy atom. The molecule has 2 atom stereocenters. The molecule has 1 saturated heterocycles. The topological polar surface area (TPSA) is 46.1 Å². The molecular formula is C18H25N3OS2. The molecule has 1 aliphatic heterocycles. The Labute approximate surface area is 152 Å². The third kappa shape index (κ3) is 3.31. The molecule has 0 bridgehead atoms. The van der Waals surface area contributed by atoms with Crippen LogP contribution < -0.4 is 0 Å². The van der Waals surface area contributed by atoms with Crippen molar-refractivity contribution in [3.8, 4) is 0 Å². The standard InChI is InChI=1S/C18H25N3OS2/c1-10-7-6-8-11(2)21(10)15(22)9-23-17-16-12(3)13(4)24-18(16)20-14(5)19-17/h10-11H,6-9H2,1-5H3/t10-,11+. The minimum absolute atomic E-state index is 0.230. The van der Waals surface area contributed by atoms with Crippen LogP contribution >= 0.6 is 23.1 Å². The van der Waals surface area contributed by atoms with Crippen molar-refractivity contribution >= 4 is 39.2 Å². The second kappa shape index (κ2) is 7.00. The Bertz CT molecular complexity index is 761. The molecule has 0 radical (unpaired) electrons. The first kappa shape index (κ1) is 17.7. The van der Waals surface area contributed by atoms with Crippen molar-refractivity contribution in [3.63, 3.8) is 0 Å². The number of thioether (sulfide) groups is 1. The first-order valence-electron chi connectivity index (χ1n) is 8.56. The first-order valence-corrected chi connectivity index (χ1v) is 10.4. The highest BCUT2D eigenvalue weighted by Gasteiger charge is 2.29. The monoisotopic (exact) mass is 363 g/mol. The normalized spacial score (nSPS) is 21.5. The number of likely N-dealkylation sites (tertiary alicyclic amines) is 1. The van der Waals surface area contributed by atoms with Gasteiger partial charge in [-0.1, -0.05) is 11.8 Å². The van der Waals surface area contributed by atoms with Crippen molar-refractivity contribution in [2.45, 2.75) is 71.0 Å². The van der Waals surface area contributed by atoms with Crippen LogP contribution in [0.15, 0.2) is 5.03 Å². The molecule has 1 aliphatic rings. The number of aromatic nitrogens is 2. The summed E-state index contributed by atoms with van der Waals surface area (Å²) in [6.45, 7) is 10.5. The predicted octanol–water partition coefficient (Wildman–Crippen LogP) is 4.50. The molecule has 130 valence electrons. The molecule has 6 heteroatoms. The summed E-state index contributed by atoms with van der Waals surface area (Å²) in [5.41, 5.74) is 1.24. The van der Waals surface area contributed by atoms with Gasteiger partial charge < -0.3 is 4.90 Å². The van der Waals surface area contributed by atoms with Gasteiger partial charge in [-0.15, -0.1) is 11.3 Å². The van der Waals surface area contributed by atoms with Gasteiger partial charge in [-0.05, 0) is 59.4 Å². The second-order valence-corrected chi connectivity index (χ2v) is 8.93. The van der Waals surface area contributed by atoms with Crippen LogP contribution in [0.1, 0.15) is 49.4 Å². The minimum Gasteiger partial charge on any atom is -0.337 e. The average molecular weight is 364 g/mol. The van der Waals surface area contributed by atoms with Crippen molar-refractivity contribution < 1.29 is 4.79 Å². The molecule has 0 aliphatic carbocycles. The molecule has 4 nitrogen and oxygen atoms in total. The molecule has 2 aromatic heterocycles. The van der Waals surface area contributed by atoms with Gasteiger partial charge in [0.25, 0.3) is 0 Å². The van der Waals surface area contributed by atoms with Crippen LogP contribution in [0, 0.1) is 20.8 Å². The van der Waals surface area contributed by atoms with Gasteiger partial charge in [-0.2, -0.15) is 0 Å². The maximum atomic E-state index is 12.8. The summed E-state index contributed by atoms with van der Waals surface area (Å²) in [5.74, 6) is 1.46. The number of hydrogen-bond donors (Lipinski definition) is 0. The van der Waals surface area contributed by atoms with Crippen LogP contribution in [0.2, 0.25) is 0 Å². The number of fused-ring (bicyclic) bond motifs is 1. The maximum Gasteiger partial charge on any atom is 0.233 e. The first-order chi connectivity index (χ1) is 11.4. The molecule has 0 unspecified atom stereocenters. The van der Waals surface area contributed by atoms with E-state index in [2.05, 4.69) is 42.6 Å². The van der Waals surface area contributed by atoms with E-state index in [9.17, 15) is 4.79 Å². The molecule has 0 saturated carbocycles. The Hall–Kier alpha value is -1.14. The Balaban J connectivity index is 1.81. The van der Waals surface area contributed by atoms with Crippen molar-refractivity contribution in [1.82, 2.24) is 14.9 Å². The molecule has 24 heavy (non-hydrogen) atoms. The zero-order valence-electron chi connectivity index (χ0n) is 15.0. The summed E-state index contributed by atoms with van der Waals surface area (Å²) in [7, 11) is 0. The molecular weight excluding hydrogens is 338 g/mol. The van der Waals surface area contributed by atoms with Crippen molar-refractivity contribution in [2.24, 2.45) is 0 Å². The zero-order valence-corrected chi connectivity index (χ0v) is 16.7. The molecule has 3 heterocycles. The van der Waals surface area contributed by atoms with E-state index in [-0.39, 0.29) is 5.91 Å². The fourth-order valence-corrected chi connectivity index (χ4v) is 5.68. The highest BCUT2D eigenvalue weighted by molar-refractivity contribution is 8.00. The van der Waals surface area contributed by atoms with Gasteiger partial charge in [-0.3, -0.25) is 4.79 Å². The number of carbonyl (C=O) groups is 1. The lowest BCUT2D eigenvalue weighted by Gasteiger charge is -2.39. The van der Waals surface area contributed by atoms with Gasteiger partial charge in [-0.25, -0.2) is 9.97 Å². The third-order valence-corrected chi connectivity index (χ3v) is 6.98. The van der Waals surface area contributed by atoms with Crippen LogP contribution in [0.3, 0.4) is 0 Å². The molecule has 0 spiro atoms. The predicted molar refractivity (Wildman–Crippen MR) is 102 cm³/mol. The third-order valence-electron chi connectivity index (χ3n) is 4.92. The number of rotatable bonds is 3. The lowest BCUT2D eigenvalue weighted by Crippen LogP contribution is -2.48. The average Bonchev–Trinajstić information content (AvgIpc) is 2.79. The smallest absolute Gasteiger partial charge is 0.233 e. The van der Waals surface area contributed by atoms with Crippen LogP contribution in [-0.4, -0.2) is 38.6 Å². The highest BCUT2D eigenvalue weighted by Crippen LogP contribution is 2.35. The summed E-state index contributed by atoms with van der Waals surface area (Å²) in [5, 5.41) is 2.07. The van der Waals surface area contributed by atoms with E-state index in [4.69, 9.17) is 0 Å². The van der Waals surface area contributed by atoms with E-state index in [1.54, 1.807) is 23.1 Å². The molecule has 0 N–H and O–H groups in total. The van der Waals surface area contributed by atoms with Crippen molar-refractivity contribution in [3.05, 3.63) is 16.3 Å². The van der Waals surface area contributed by atoms with Crippen LogP contribution in [0.25, 0.3) is 10.2 Å². The van der Waals surface area contributed by atoms with Crippen LogP contribution in [0.5, 0.6) is 0 Å². The fourth-order valence-electron chi connectivity index (χ4n) is 3.54. The zero-order chi connectivity index (χ0) is 17.4. The van der Waals surface area contributed by atoms with Gasteiger partial charge >= 0.3 is 0 Å². The number of carbonyl (C=O) groups excluding carboxylic acids is 1. The number of aryl methyl sites for hydroxylation is 3. The second-order valence-electron chi connectivity index (χ2n) is 6.76.